The maximum Gasteiger partial charge on any atom is 0.316 e. The zero-order valence-electron chi connectivity index (χ0n) is 7.13. The first-order chi connectivity index (χ1) is 6.51. The van der Waals surface area contributed by atoms with Crippen molar-refractivity contribution in [3.8, 4) is 0 Å². The fourth-order valence-electron chi connectivity index (χ4n) is 1.48. The summed E-state index contributed by atoms with van der Waals surface area (Å²) in [6.45, 7) is 0. The van der Waals surface area contributed by atoms with E-state index in [1.807, 2.05) is 0 Å². The van der Waals surface area contributed by atoms with Gasteiger partial charge in [0.25, 0.3) is 0 Å². The van der Waals surface area contributed by atoms with Gasteiger partial charge in [0.2, 0.25) is 0 Å². The van der Waals surface area contributed by atoms with E-state index >= 15 is 0 Å². The number of aliphatic carboxylic acids is 1. The van der Waals surface area contributed by atoms with Gasteiger partial charge < -0.3 is 5.11 Å². The number of alkyl halides is 2. The summed E-state index contributed by atoms with van der Waals surface area (Å²) in [7, 11) is 0. The van der Waals surface area contributed by atoms with E-state index in [0.29, 0.717) is 0 Å². The minimum Gasteiger partial charge on any atom is -0.481 e. The molecule has 1 aliphatic carbocycles. The highest BCUT2D eigenvalue weighted by molar-refractivity contribution is 5.79. The summed E-state index contributed by atoms with van der Waals surface area (Å²) in [6.07, 6.45) is 1.20. The number of hydrogen-bond acceptors (Lipinski definition) is 2. The Morgan fingerprint density at radius 3 is 2.64 bits per heavy atom. The Morgan fingerprint density at radius 1 is 1.64 bits per heavy atom. The molecule has 0 bridgehead atoms. The van der Waals surface area contributed by atoms with Crippen molar-refractivity contribution in [1.82, 2.24) is 10.2 Å². The van der Waals surface area contributed by atoms with Gasteiger partial charge in [0.1, 0.15) is 11.1 Å². The van der Waals surface area contributed by atoms with Crippen molar-refractivity contribution < 1.29 is 18.7 Å². The standard InChI is InChI=1S/C8H8F2N2O2/c9-8(10,5-1-4-11-12-5)7(2-3-7)6(13)14/h1,4H,2-3H2,(H,11,12)(H,13,14). The fourth-order valence-corrected chi connectivity index (χ4v) is 1.48. The molecule has 1 aromatic heterocycles. The minimum absolute atomic E-state index is 0.00829. The molecular weight excluding hydrogens is 194 g/mol. The van der Waals surface area contributed by atoms with Gasteiger partial charge in [-0.25, -0.2) is 0 Å². The number of nitrogens with one attached hydrogen (secondary N) is 1. The lowest BCUT2D eigenvalue weighted by Gasteiger charge is -2.21. The van der Waals surface area contributed by atoms with E-state index < -0.39 is 23.0 Å². The summed E-state index contributed by atoms with van der Waals surface area (Å²) in [5.74, 6) is -4.81. The molecule has 1 heterocycles. The number of rotatable bonds is 3. The first-order valence-electron chi connectivity index (χ1n) is 4.12. The smallest absolute Gasteiger partial charge is 0.316 e. The van der Waals surface area contributed by atoms with Crippen LogP contribution in [0.2, 0.25) is 0 Å². The number of aromatic nitrogens is 2. The summed E-state index contributed by atoms with van der Waals surface area (Å²) in [4.78, 5) is 10.7. The SMILES string of the molecule is O=C(O)C1(C(F)(F)c2ccn[nH]2)CC1. The molecule has 0 spiro atoms. The second-order valence-electron chi connectivity index (χ2n) is 3.43. The zero-order valence-corrected chi connectivity index (χ0v) is 7.13. The van der Waals surface area contributed by atoms with Crippen LogP contribution in [-0.2, 0) is 10.7 Å². The van der Waals surface area contributed by atoms with Crippen molar-refractivity contribution in [2.75, 3.05) is 0 Å². The lowest BCUT2D eigenvalue weighted by atomic mass is 9.95. The molecule has 2 N–H and O–H groups in total. The molecule has 0 saturated heterocycles. The number of aromatic amines is 1. The Bertz CT molecular complexity index is 357. The third-order valence-corrected chi connectivity index (χ3v) is 2.60. The number of carboxylic acid groups (broad SMARTS) is 1. The molecule has 0 atom stereocenters. The van der Waals surface area contributed by atoms with E-state index in [-0.39, 0.29) is 12.8 Å². The Hall–Kier alpha value is -1.46. The van der Waals surface area contributed by atoms with Crippen LogP contribution in [0.15, 0.2) is 12.3 Å². The number of carboxylic acids is 1. The van der Waals surface area contributed by atoms with Gasteiger partial charge in [0.05, 0.1) is 0 Å². The van der Waals surface area contributed by atoms with Crippen LogP contribution >= 0.6 is 0 Å². The van der Waals surface area contributed by atoms with Gasteiger partial charge in [0.15, 0.2) is 0 Å². The van der Waals surface area contributed by atoms with Crippen LogP contribution in [0.4, 0.5) is 8.78 Å². The average molecular weight is 202 g/mol. The molecule has 76 valence electrons. The van der Waals surface area contributed by atoms with Gasteiger partial charge in [-0.2, -0.15) is 13.9 Å². The molecule has 0 amide bonds. The van der Waals surface area contributed by atoms with E-state index in [1.165, 1.54) is 6.20 Å². The van der Waals surface area contributed by atoms with Gasteiger partial charge in [-0.05, 0) is 18.9 Å². The highest BCUT2D eigenvalue weighted by Crippen LogP contribution is 2.61. The van der Waals surface area contributed by atoms with Crippen LogP contribution in [0.5, 0.6) is 0 Å². The average Bonchev–Trinajstić information content (AvgIpc) is 2.75. The highest BCUT2D eigenvalue weighted by Gasteiger charge is 2.69. The summed E-state index contributed by atoms with van der Waals surface area (Å²) >= 11 is 0. The number of hydrogen-bond donors (Lipinski definition) is 2. The van der Waals surface area contributed by atoms with Crippen LogP contribution < -0.4 is 0 Å². The van der Waals surface area contributed by atoms with Gasteiger partial charge in [0, 0.05) is 6.20 Å². The molecule has 2 rings (SSSR count). The van der Waals surface area contributed by atoms with Crippen molar-refractivity contribution in [3.63, 3.8) is 0 Å². The van der Waals surface area contributed by atoms with Crippen LogP contribution in [0.1, 0.15) is 18.5 Å². The quantitative estimate of drug-likeness (QED) is 0.777. The summed E-state index contributed by atoms with van der Waals surface area (Å²) in [5.41, 5.74) is -2.35. The normalized spacial score (nSPS) is 19.3. The molecule has 4 nitrogen and oxygen atoms in total. The predicted octanol–water partition coefficient (Wildman–Crippen LogP) is 1.37. The summed E-state index contributed by atoms with van der Waals surface area (Å²) in [6, 6.07) is 1.10. The molecule has 1 aliphatic rings. The Kier molecular flexibility index (Phi) is 1.64. The molecule has 0 aliphatic heterocycles. The number of nitrogens with zero attached hydrogens (tertiary/aromatic N) is 1. The Morgan fingerprint density at radius 2 is 2.29 bits per heavy atom. The molecule has 14 heavy (non-hydrogen) atoms. The molecule has 1 saturated carbocycles. The molecule has 1 fully saturated rings. The number of halogens is 2. The summed E-state index contributed by atoms with van der Waals surface area (Å²) < 4.78 is 27.3. The fraction of sp³-hybridized carbons (Fsp3) is 0.500. The number of carbonyl (C=O) groups is 1. The topological polar surface area (TPSA) is 66.0 Å². The summed E-state index contributed by atoms with van der Waals surface area (Å²) in [5, 5.41) is 14.2. The van der Waals surface area contributed by atoms with E-state index in [2.05, 4.69) is 10.2 Å². The number of H-pyrrole nitrogens is 1. The van der Waals surface area contributed by atoms with Crippen LogP contribution in [0.3, 0.4) is 0 Å². The molecule has 0 aromatic carbocycles. The third-order valence-electron chi connectivity index (χ3n) is 2.60. The molecule has 0 unspecified atom stereocenters. The second-order valence-corrected chi connectivity index (χ2v) is 3.43. The van der Waals surface area contributed by atoms with Crippen molar-refractivity contribution in [1.29, 1.82) is 0 Å². The van der Waals surface area contributed by atoms with Gasteiger partial charge in [-0.3, -0.25) is 9.89 Å². The highest BCUT2D eigenvalue weighted by atomic mass is 19.3. The van der Waals surface area contributed by atoms with Crippen molar-refractivity contribution >= 4 is 5.97 Å². The molecule has 6 heteroatoms. The van der Waals surface area contributed by atoms with Crippen LogP contribution in [-0.4, -0.2) is 21.3 Å². The lowest BCUT2D eigenvalue weighted by Crippen LogP contribution is -2.34. The van der Waals surface area contributed by atoms with Crippen LogP contribution in [0, 0.1) is 5.41 Å². The Balaban J connectivity index is 2.38. The van der Waals surface area contributed by atoms with Gasteiger partial charge in [-0.1, -0.05) is 0 Å². The van der Waals surface area contributed by atoms with Crippen molar-refractivity contribution in [3.05, 3.63) is 18.0 Å². The molecular formula is C8H8F2N2O2. The van der Waals surface area contributed by atoms with E-state index in [1.54, 1.807) is 0 Å². The van der Waals surface area contributed by atoms with E-state index in [0.717, 1.165) is 6.07 Å². The first kappa shape index (κ1) is 9.11. The third kappa shape index (κ3) is 0.964. The Labute approximate surface area is 77.9 Å². The van der Waals surface area contributed by atoms with E-state index in [9.17, 15) is 13.6 Å². The first-order valence-corrected chi connectivity index (χ1v) is 4.12. The van der Waals surface area contributed by atoms with E-state index in [4.69, 9.17) is 5.11 Å². The minimum atomic E-state index is -3.37. The zero-order chi connectivity index (χ0) is 10.4. The maximum atomic E-state index is 13.6. The second kappa shape index (κ2) is 2.52. The van der Waals surface area contributed by atoms with Gasteiger partial charge >= 0.3 is 11.9 Å². The maximum absolute atomic E-state index is 13.6. The lowest BCUT2D eigenvalue weighted by molar-refractivity contribution is -0.164. The monoisotopic (exact) mass is 202 g/mol. The van der Waals surface area contributed by atoms with Crippen molar-refractivity contribution in [2.24, 2.45) is 5.41 Å². The van der Waals surface area contributed by atoms with Crippen molar-refractivity contribution in [2.45, 2.75) is 18.8 Å². The largest absolute Gasteiger partial charge is 0.481 e. The molecule has 0 radical (unpaired) electrons. The van der Waals surface area contributed by atoms with Gasteiger partial charge in [-0.15, -0.1) is 0 Å². The molecule has 1 aromatic rings. The van der Waals surface area contributed by atoms with Crippen LogP contribution in [0.25, 0.3) is 0 Å². The predicted molar refractivity (Wildman–Crippen MR) is 41.8 cm³/mol.